The minimum absolute atomic E-state index is 0.0900. The van der Waals surface area contributed by atoms with E-state index in [1.807, 2.05) is 0 Å². The molecule has 0 bridgehead atoms. The van der Waals surface area contributed by atoms with Crippen molar-refractivity contribution in [2.45, 2.75) is 58.9 Å². The number of nitrogens with zero attached hydrogens (tertiary/aromatic N) is 1. The van der Waals surface area contributed by atoms with Gasteiger partial charge in [-0.15, -0.1) is 0 Å². The highest BCUT2D eigenvalue weighted by atomic mass is 14.8. The molecule has 0 radical (unpaired) electrons. The number of fused-ring (bicyclic) bond motifs is 1. The quantitative estimate of drug-likeness (QED) is 0.455. The van der Waals surface area contributed by atoms with Crippen molar-refractivity contribution in [2.75, 3.05) is 0 Å². The highest BCUT2D eigenvalue weighted by molar-refractivity contribution is 5.17. The maximum Gasteiger partial charge on any atom is 0.233 e. The molecule has 0 unspecified atom stereocenters. The second-order valence-corrected chi connectivity index (χ2v) is 6.65. The van der Waals surface area contributed by atoms with Crippen LogP contribution in [0.2, 0.25) is 0 Å². The Hall–Kier alpha value is -0.770. The Morgan fingerprint density at radius 1 is 1.41 bits per heavy atom. The van der Waals surface area contributed by atoms with Gasteiger partial charge in [0.05, 0.1) is 0 Å². The van der Waals surface area contributed by atoms with E-state index in [1.165, 1.54) is 19.3 Å². The summed E-state index contributed by atoms with van der Waals surface area (Å²) in [6, 6.07) is 0. The van der Waals surface area contributed by atoms with Crippen LogP contribution in [-0.4, -0.2) is 5.54 Å². The molecule has 0 N–H and O–H groups in total. The van der Waals surface area contributed by atoms with Gasteiger partial charge in [0.25, 0.3) is 0 Å². The second kappa shape index (κ2) is 4.48. The Bertz CT molecular complexity index is 360. The first kappa shape index (κ1) is 12.7. The zero-order chi connectivity index (χ0) is 12.6. The molecule has 2 rings (SSSR count). The van der Waals surface area contributed by atoms with Gasteiger partial charge in [-0.1, -0.05) is 25.5 Å². The molecule has 1 heteroatoms. The lowest BCUT2D eigenvalue weighted by atomic mass is 9.57. The lowest BCUT2D eigenvalue weighted by Crippen LogP contribution is -2.46. The van der Waals surface area contributed by atoms with Crippen molar-refractivity contribution >= 4 is 0 Å². The largest absolute Gasteiger partial charge is 0.310 e. The number of allylic oxidation sites excluding steroid dienone is 2. The van der Waals surface area contributed by atoms with E-state index >= 15 is 0 Å². The maximum atomic E-state index is 7.54. The molecule has 2 aliphatic carbocycles. The van der Waals surface area contributed by atoms with Crippen LogP contribution < -0.4 is 0 Å². The fourth-order valence-corrected chi connectivity index (χ4v) is 4.00. The fourth-order valence-electron chi connectivity index (χ4n) is 4.00. The molecule has 0 aliphatic heterocycles. The van der Waals surface area contributed by atoms with E-state index in [0.717, 1.165) is 18.3 Å². The van der Waals surface area contributed by atoms with Crippen LogP contribution >= 0.6 is 0 Å². The first-order valence-corrected chi connectivity index (χ1v) is 7.04. The third kappa shape index (κ3) is 2.15. The van der Waals surface area contributed by atoms with Crippen molar-refractivity contribution in [2.24, 2.45) is 23.7 Å². The fraction of sp³-hybridized carbons (Fsp3) is 0.812. The van der Waals surface area contributed by atoms with Crippen LogP contribution in [0.5, 0.6) is 0 Å². The van der Waals surface area contributed by atoms with Crippen LogP contribution in [0.4, 0.5) is 0 Å². The molecule has 1 fully saturated rings. The summed E-state index contributed by atoms with van der Waals surface area (Å²) in [4.78, 5) is 4.00. The van der Waals surface area contributed by atoms with E-state index in [4.69, 9.17) is 6.57 Å². The second-order valence-electron chi connectivity index (χ2n) is 6.65. The summed E-state index contributed by atoms with van der Waals surface area (Å²) in [5, 5.41) is 0. The topological polar surface area (TPSA) is 4.36 Å². The van der Waals surface area contributed by atoms with Crippen molar-refractivity contribution in [3.63, 3.8) is 0 Å². The van der Waals surface area contributed by atoms with E-state index in [9.17, 15) is 0 Å². The van der Waals surface area contributed by atoms with Gasteiger partial charge in [0.15, 0.2) is 0 Å². The summed E-state index contributed by atoms with van der Waals surface area (Å²) in [5.74, 6) is 2.81. The average Bonchev–Trinajstić information content (AvgIpc) is 2.28. The monoisotopic (exact) mass is 231 g/mol. The van der Waals surface area contributed by atoms with Crippen LogP contribution in [0.1, 0.15) is 53.4 Å². The lowest BCUT2D eigenvalue weighted by molar-refractivity contribution is 0.0861. The highest BCUT2D eigenvalue weighted by Crippen LogP contribution is 2.51. The van der Waals surface area contributed by atoms with E-state index < -0.39 is 0 Å². The van der Waals surface area contributed by atoms with E-state index in [1.54, 1.807) is 5.57 Å². The Balaban J connectivity index is 2.33. The van der Waals surface area contributed by atoms with Gasteiger partial charge < -0.3 is 4.85 Å². The molecular weight excluding hydrogens is 206 g/mol. The zero-order valence-electron chi connectivity index (χ0n) is 11.7. The third-order valence-electron chi connectivity index (χ3n) is 5.18. The molecule has 1 saturated carbocycles. The molecular formula is C16H25N. The van der Waals surface area contributed by atoms with E-state index in [2.05, 4.69) is 38.6 Å². The molecule has 17 heavy (non-hydrogen) atoms. The number of rotatable bonds is 1. The summed E-state index contributed by atoms with van der Waals surface area (Å²) in [6.07, 6.45) is 7.28. The third-order valence-corrected chi connectivity index (χ3v) is 5.18. The Morgan fingerprint density at radius 2 is 2.12 bits per heavy atom. The Kier molecular flexibility index (Phi) is 3.34. The van der Waals surface area contributed by atoms with E-state index in [0.29, 0.717) is 11.8 Å². The summed E-state index contributed by atoms with van der Waals surface area (Å²) in [6.45, 7) is 16.7. The van der Waals surface area contributed by atoms with Crippen LogP contribution in [0.15, 0.2) is 11.6 Å². The van der Waals surface area contributed by atoms with Gasteiger partial charge in [0.2, 0.25) is 5.54 Å². The minimum Gasteiger partial charge on any atom is -0.310 e. The van der Waals surface area contributed by atoms with Gasteiger partial charge in [0.1, 0.15) is 0 Å². The molecule has 1 nitrogen and oxygen atoms in total. The Labute approximate surface area is 106 Å². The van der Waals surface area contributed by atoms with Crippen LogP contribution in [0, 0.1) is 30.2 Å². The minimum atomic E-state index is -0.0900. The summed E-state index contributed by atoms with van der Waals surface area (Å²) < 4.78 is 0. The van der Waals surface area contributed by atoms with Gasteiger partial charge in [-0.3, -0.25) is 0 Å². The first-order valence-electron chi connectivity index (χ1n) is 7.04. The van der Waals surface area contributed by atoms with Gasteiger partial charge in [-0.05, 0) is 43.9 Å². The first-order chi connectivity index (χ1) is 7.98. The molecule has 0 aromatic carbocycles. The van der Waals surface area contributed by atoms with Crippen molar-refractivity contribution in [1.82, 2.24) is 0 Å². The standard InChI is InChI=1S/C16H25N/c1-11(2)13-8-9-16(4,17-5)15-7-6-12(3)10-14(13)15/h10-11,13-15H,6-9H2,1-4H3/t13-,14-,15+,16+/m1/s1. The Morgan fingerprint density at radius 3 is 2.71 bits per heavy atom. The molecule has 0 spiro atoms. The number of hydrogen-bond donors (Lipinski definition) is 0. The van der Waals surface area contributed by atoms with Crippen LogP contribution in [0.25, 0.3) is 4.85 Å². The molecule has 4 atom stereocenters. The average molecular weight is 231 g/mol. The molecule has 0 aromatic rings. The number of hydrogen-bond acceptors (Lipinski definition) is 0. The van der Waals surface area contributed by atoms with Crippen LogP contribution in [0.3, 0.4) is 0 Å². The van der Waals surface area contributed by atoms with Crippen LogP contribution in [-0.2, 0) is 0 Å². The normalized spacial score (nSPS) is 41.6. The SMILES string of the molecule is [C-]#[N+][C@@]1(C)CC[C@H](C(C)C)[C@H]2C=C(C)CC[C@@H]21. The van der Waals surface area contributed by atoms with Crippen molar-refractivity contribution < 1.29 is 0 Å². The smallest absolute Gasteiger partial charge is 0.233 e. The molecule has 0 heterocycles. The molecule has 0 amide bonds. The summed E-state index contributed by atoms with van der Waals surface area (Å²) >= 11 is 0. The predicted octanol–water partition coefficient (Wildman–Crippen LogP) is 4.70. The van der Waals surface area contributed by atoms with Gasteiger partial charge in [0, 0.05) is 19.3 Å². The molecule has 0 saturated heterocycles. The predicted molar refractivity (Wildman–Crippen MR) is 72.5 cm³/mol. The molecule has 0 aromatic heterocycles. The highest BCUT2D eigenvalue weighted by Gasteiger charge is 2.51. The van der Waals surface area contributed by atoms with Gasteiger partial charge in [-0.25, -0.2) is 6.57 Å². The zero-order valence-corrected chi connectivity index (χ0v) is 11.7. The lowest BCUT2D eigenvalue weighted by Gasteiger charge is -2.45. The van der Waals surface area contributed by atoms with Crippen molar-refractivity contribution in [3.05, 3.63) is 23.1 Å². The van der Waals surface area contributed by atoms with Crippen molar-refractivity contribution in [1.29, 1.82) is 0 Å². The van der Waals surface area contributed by atoms with Crippen molar-refractivity contribution in [3.8, 4) is 0 Å². The van der Waals surface area contributed by atoms with E-state index in [-0.39, 0.29) is 5.54 Å². The summed E-state index contributed by atoms with van der Waals surface area (Å²) in [5.41, 5.74) is 1.46. The summed E-state index contributed by atoms with van der Waals surface area (Å²) in [7, 11) is 0. The maximum absolute atomic E-state index is 7.54. The molecule has 2 aliphatic rings. The van der Waals surface area contributed by atoms with Gasteiger partial charge in [-0.2, -0.15) is 0 Å². The molecule has 94 valence electrons. The van der Waals surface area contributed by atoms with Gasteiger partial charge >= 0.3 is 0 Å².